The molecule has 0 bridgehead atoms. The van der Waals surface area contributed by atoms with Crippen LogP contribution in [0.15, 0.2) is 47.6 Å². The van der Waals surface area contributed by atoms with Crippen LogP contribution >= 0.6 is 0 Å². The van der Waals surface area contributed by atoms with E-state index < -0.39 is 10.0 Å². The molecule has 0 atom stereocenters. The van der Waals surface area contributed by atoms with Crippen molar-refractivity contribution in [2.75, 3.05) is 25.5 Å². The molecule has 0 spiro atoms. The Morgan fingerprint density at radius 1 is 1.16 bits per heavy atom. The monoisotopic (exact) mass is 359 g/mol. The second-order valence-electron chi connectivity index (χ2n) is 6.18. The van der Waals surface area contributed by atoms with Crippen LogP contribution in [0, 0.1) is 0 Å². The van der Waals surface area contributed by atoms with E-state index >= 15 is 0 Å². The molecule has 0 radical (unpaired) electrons. The smallest absolute Gasteiger partial charge is 0.242 e. The molecule has 3 rings (SSSR count). The van der Waals surface area contributed by atoms with E-state index in [1.54, 1.807) is 49.6 Å². The molecule has 6 nitrogen and oxygen atoms in total. The van der Waals surface area contributed by atoms with Crippen molar-refractivity contribution >= 4 is 21.6 Å². The van der Waals surface area contributed by atoms with Crippen molar-refractivity contribution in [3.8, 4) is 0 Å². The fourth-order valence-electron chi connectivity index (χ4n) is 2.93. The van der Waals surface area contributed by atoms with Gasteiger partial charge in [-0.1, -0.05) is 0 Å². The van der Waals surface area contributed by atoms with Gasteiger partial charge in [-0.3, -0.25) is 9.78 Å². The van der Waals surface area contributed by atoms with Gasteiger partial charge in [0.25, 0.3) is 0 Å². The van der Waals surface area contributed by atoms with Crippen LogP contribution in [0.2, 0.25) is 0 Å². The van der Waals surface area contributed by atoms with Crippen LogP contribution in [0.1, 0.15) is 17.5 Å². The molecule has 2 heterocycles. The Labute approximate surface area is 148 Å². The lowest BCUT2D eigenvalue weighted by Gasteiger charge is -2.26. The van der Waals surface area contributed by atoms with E-state index in [-0.39, 0.29) is 10.8 Å². The average molecular weight is 359 g/mol. The average Bonchev–Trinajstić information content (AvgIpc) is 2.63. The van der Waals surface area contributed by atoms with Gasteiger partial charge in [-0.05, 0) is 54.3 Å². The molecular weight excluding hydrogens is 338 g/mol. The van der Waals surface area contributed by atoms with Gasteiger partial charge >= 0.3 is 0 Å². The molecule has 0 N–H and O–H groups in total. The van der Waals surface area contributed by atoms with Crippen molar-refractivity contribution in [1.82, 2.24) is 9.29 Å². The minimum atomic E-state index is -3.56. The first kappa shape index (κ1) is 17.6. The molecule has 0 aliphatic carbocycles. The molecule has 0 saturated carbocycles. The van der Waals surface area contributed by atoms with Crippen LogP contribution in [-0.4, -0.2) is 44.3 Å². The number of fused-ring (bicyclic) bond motifs is 1. The standard InChI is InChI=1S/C18H21N3O3S/c1-20(12-9-14-7-10-19-11-8-14)25(23,24)16-4-5-17-15(13-16)3-6-18(22)21(17)2/h4-5,7-8,10-11,13H,3,6,9,12H2,1-2H3. The molecule has 25 heavy (non-hydrogen) atoms. The van der Waals surface area contributed by atoms with Crippen molar-refractivity contribution in [1.29, 1.82) is 0 Å². The number of aryl methyl sites for hydroxylation is 1. The van der Waals surface area contributed by atoms with E-state index in [1.807, 2.05) is 12.1 Å². The number of nitrogens with zero attached hydrogens (tertiary/aromatic N) is 3. The molecular formula is C18H21N3O3S. The molecule has 0 fully saturated rings. The normalized spacial score (nSPS) is 14.7. The number of amides is 1. The highest BCUT2D eigenvalue weighted by atomic mass is 32.2. The molecule has 1 amide bonds. The summed E-state index contributed by atoms with van der Waals surface area (Å²) in [4.78, 5) is 17.6. The van der Waals surface area contributed by atoms with Crippen LogP contribution in [0.4, 0.5) is 5.69 Å². The number of hydrogen-bond donors (Lipinski definition) is 0. The molecule has 132 valence electrons. The van der Waals surface area contributed by atoms with Crippen LogP contribution in [-0.2, 0) is 27.7 Å². The Hall–Kier alpha value is -2.25. The minimum Gasteiger partial charge on any atom is -0.315 e. The van der Waals surface area contributed by atoms with Crippen molar-refractivity contribution in [3.63, 3.8) is 0 Å². The Morgan fingerprint density at radius 2 is 1.88 bits per heavy atom. The van der Waals surface area contributed by atoms with E-state index in [4.69, 9.17) is 0 Å². The summed E-state index contributed by atoms with van der Waals surface area (Å²) in [6.07, 6.45) is 5.00. The third-order valence-corrected chi connectivity index (χ3v) is 6.42. The van der Waals surface area contributed by atoms with Crippen molar-refractivity contribution in [2.24, 2.45) is 0 Å². The van der Waals surface area contributed by atoms with Gasteiger partial charge in [0.15, 0.2) is 0 Å². The fraction of sp³-hybridized carbons (Fsp3) is 0.333. The van der Waals surface area contributed by atoms with Gasteiger partial charge in [0.1, 0.15) is 0 Å². The maximum Gasteiger partial charge on any atom is 0.242 e. The summed E-state index contributed by atoms with van der Waals surface area (Å²) in [6, 6.07) is 8.75. The van der Waals surface area contributed by atoms with E-state index in [0.717, 1.165) is 16.8 Å². The number of sulfonamides is 1. The maximum absolute atomic E-state index is 12.8. The van der Waals surface area contributed by atoms with E-state index in [9.17, 15) is 13.2 Å². The van der Waals surface area contributed by atoms with Crippen LogP contribution in [0.5, 0.6) is 0 Å². The first-order chi connectivity index (χ1) is 11.9. The molecule has 1 aliphatic rings. The molecule has 1 aliphatic heterocycles. The van der Waals surface area contributed by atoms with E-state index in [2.05, 4.69) is 4.98 Å². The van der Waals surface area contributed by atoms with Gasteiger partial charge in [0.2, 0.25) is 15.9 Å². The molecule has 1 aromatic carbocycles. The zero-order valence-electron chi connectivity index (χ0n) is 14.3. The number of aromatic nitrogens is 1. The Kier molecular flexibility index (Phi) is 4.87. The van der Waals surface area contributed by atoms with Gasteiger partial charge < -0.3 is 4.90 Å². The lowest BCUT2D eigenvalue weighted by Crippen LogP contribution is -2.32. The lowest BCUT2D eigenvalue weighted by molar-refractivity contribution is -0.118. The third-order valence-electron chi connectivity index (χ3n) is 4.57. The van der Waals surface area contributed by atoms with Gasteiger partial charge in [0, 0.05) is 45.1 Å². The summed E-state index contributed by atoms with van der Waals surface area (Å²) in [5, 5.41) is 0. The van der Waals surface area contributed by atoms with Crippen molar-refractivity contribution < 1.29 is 13.2 Å². The second kappa shape index (κ2) is 6.93. The van der Waals surface area contributed by atoms with Crippen LogP contribution < -0.4 is 4.90 Å². The first-order valence-electron chi connectivity index (χ1n) is 8.14. The highest BCUT2D eigenvalue weighted by Gasteiger charge is 2.25. The molecule has 2 aromatic rings. The Morgan fingerprint density at radius 3 is 2.60 bits per heavy atom. The number of benzene rings is 1. The highest BCUT2D eigenvalue weighted by Crippen LogP contribution is 2.29. The summed E-state index contributed by atoms with van der Waals surface area (Å²) in [7, 11) is -0.253. The zero-order valence-corrected chi connectivity index (χ0v) is 15.2. The number of carbonyl (C=O) groups is 1. The number of pyridine rings is 1. The van der Waals surface area contributed by atoms with E-state index in [1.165, 1.54) is 4.31 Å². The Balaban J connectivity index is 1.79. The molecule has 1 aromatic heterocycles. The molecule has 7 heteroatoms. The Bertz CT molecular complexity index is 882. The highest BCUT2D eigenvalue weighted by molar-refractivity contribution is 7.89. The topological polar surface area (TPSA) is 70.6 Å². The quantitative estimate of drug-likeness (QED) is 0.817. The van der Waals surface area contributed by atoms with E-state index in [0.29, 0.717) is 25.8 Å². The van der Waals surface area contributed by atoms with Gasteiger partial charge in [0.05, 0.1) is 4.90 Å². The number of likely N-dealkylation sites (N-methyl/N-ethyl adjacent to an activating group) is 1. The first-order valence-corrected chi connectivity index (χ1v) is 9.58. The summed E-state index contributed by atoms with van der Waals surface area (Å²) in [6.45, 7) is 0.391. The summed E-state index contributed by atoms with van der Waals surface area (Å²) >= 11 is 0. The SMILES string of the molecule is CN1C(=O)CCc2cc(S(=O)(=O)N(C)CCc3ccncc3)ccc21. The van der Waals surface area contributed by atoms with Gasteiger partial charge in [-0.25, -0.2) is 12.7 Å². The largest absolute Gasteiger partial charge is 0.315 e. The fourth-order valence-corrected chi connectivity index (χ4v) is 4.15. The predicted molar refractivity (Wildman–Crippen MR) is 95.9 cm³/mol. The van der Waals surface area contributed by atoms with Gasteiger partial charge in [-0.2, -0.15) is 0 Å². The summed E-state index contributed by atoms with van der Waals surface area (Å²) in [5.74, 6) is 0.0533. The minimum absolute atomic E-state index is 0.0533. The second-order valence-corrected chi connectivity index (χ2v) is 8.22. The predicted octanol–water partition coefficient (Wildman–Crippen LogP) is 1.85. The van der Waals surface area contributed by atoms with Crippen LogP contribution in [0.25, 0.3) is 0 Å². The van der Waals surface area contributed by atoms with Crippen molar-refractivity contribution in [3.05, 3.63) is 53.9 Å². The number of carbonyl (C=O) groups excluding carboxylic acids is 1. The van der Waals surface area contributed by atoms with Gasteiger partial charge in [-0.15, -0.1) is 0 Å². The maximum atomic E-state index is 12.8. The van der Waals surface area contributed by atoms with Crippen molar-refractivity contribution in [2.45, 2.75) is 24.2 Å². The number of anilines is 1. The molecule has 0 saturated heterocycles. The zero-order chi connectivity index (χ0) is 18.0. The number of rotatable bonds is 5. The number of hydrogen-bond acceptors (Lipinski definition) is 4. The summed E-state index contributed by atoms with van der Waals surface area (Å²) in [5.41, 5.74) is 2.72. The third kappa shape index (κ3) is 3.57. The summed E-state index contributed by atoms with van der Waals surface area (Å²) < 4.78 is 27.0. The van der Waals surface area contributed by atoms with Crippen LogP contribution in [0.3, 0.4) is 0 Å². The molecule has 0 unspecified atom stereocenters. The lowest BCUT2D eigenvalue weighted by atomic mass is 10.0.